The van der Waals surface area contributed by atoms with Crippen molar-refractivity contribution in [3.63, 3.8) is 0 Å². The highest BCUT2D eigenvalue weighted by Crippen LogP contribution is 2.40. The Morgan fingerprint density at radius 2 is 1.87 bits per heavy atom. The van der Waals surface area contributed by atoms with Crippen LogP contribution in [0.25, 0.3) is 10.9 Å². The van der Waals surface area contributed by atoms with Crippen molar-refractivity contribution in [1.82, 2.24) is 14.7 Å². The number of anilines is 2. The minimum atomic E-state index is -1.09. The predicted molar refractivity (Wildman–Crippen MR) is 151 cm³/mol. The standard InChI is InChI=1S/C28H30N6O4S/c1-2-38-21-14-8-7-13-20(21)34(28(37)25-22(29)23(26(30)35)33-39-25)24(27(36)32-16-9-3-4-10-16)18-15-31-19-12-6-5-11-17(18)19/h5-8,11-16,24,31H,2-4,9-10,29H2,1H3,(H2,30,35)(H,32,36). The lowest BCUT2D eigenvalue weighted by Gasteiger charge is -2.32. The van der Waals surface area contributed by atoms with E-state index >= 15 is 0 Å². The number of para-hydroxylation sites is 3. The van der Waals surface area contributed by atoms with Crippen molar-refractivity contribution in [2.75, 3.05) is 17.2 Å². The van der Waals surface area contributed by atoms with Crippen LogP contribution in [0, 0.1) is 0 Å². The van der Waals surface area contributed by atoms with E-state index in [4.69, 9.17) is 16.2 Å². The van der Waals surface area contributed by atoms with Gasteiger partial charge in [-0.3, -0.25) is 19.3 Å². The lowest BCUT2D eigenvalue weighted by atomic mass is 10.0. The third kappa shape index (κ3) is 5.05. The average Bonchev–Trinajstić information content (AvgIpc) is 3.68. The summed E-state index contributed by atoms with van der Waals surface area (Å²) in [6.07, 6.45) is 5.56. The zero-order valence-corrected chi connectivity index (χ0v) is 22.3. The van der Waals surface area contributed by atoms with Crippen LogP contribution in [0.5, 0.6) is 5.75 Å². The molecule has 39 heavy (non-hydrogen) atoms. The number of benzene rings is 2. The van der Waals surface area contributed by atoms with Crippen LogP contribution in [0.15, 0.2) is 54.7 Å². The van der Waals surface area contributed by atoms with Crippen molar-refractivity contribution in [1.29, 1.82) is 0 Å². The van der Waals surface area contributed by atoms with Gasteiger partial charge in [-0.2, -0.15) is 4.37 Å². The van der Waals surface area contributed by atoms with Crippen LogP contribution in [-0.2, 0) is 4.79 Å². The third-order valence-electron chi connectivity index (χ3n) is 6.92. The molecule has 1 aliphatic carbocycles. The first-order chi connectivity index (χ1) is 18.9. The zero-order chi connectivity index (χ0) is 27.5. The van der Waals surface area contributed by atoms with Crippen LogP contribution in [0.4, 0.5) is 11.4 Å². The molecule has 5 rings (SSSR count). The Morgan fingerprint density at radius 1 is 1.15 bits per heavy atom. The molecule has 202 valence electrons. The molecular weight excluding hydrogens is 516 g/mol. The van der Waals surface area contributed by atoms with E-state index in [0.29, 0.717) is 23.6 Å². The molecule has 0 radical (unpaired) electrons. The molecule has 1 fully saturated rings. The van der Waals surface area contributed by atoms with Gasteiger partial charge < -0.3 is 26.5 Å². The van der Waals surface area contributed by atoms with Crippen molar-refractivity contribution in [3.8, 4) is 5.75 Å². The fraction of sp³-hybridized carbons (Fsp3) is 0.286. The van der Waals surface area contributed by atoms with Gasteiger partial charge in [-0.05, 0) is 49.5 Å². The van der Waals surface area contributed by atoms with E-state index < -0.39 is 17.9 Å². The Hall–Kier alpha value is -4.38. The van der Waals surface area contributed by atoms with E-state index in [-0.39, 0.29) is 28.2 Å². The number of rotatable bonds is 9. The summed E-state index contributed by atoms with van der Waals surface area (Å²) < 4.78 is 9.92. The largest absolute Gasteiger partial charge is 0.492 e. The number of nitrogen functional groups attached to an aromatic ring is 1. The number of nitrogens with zero attached hydrogens (tertiary/aromatic N) is 2. The highest BCUT2D eigenvalue weighted by Gasteiger charge is 2.39. The average molecular weight is 547 g/mol. The van der Waals surface area contributed by atoms with Gasteiger partial charge in [-0.25, -0.2) is 0 Å². The predicted octanol–water partition coefficient (Wildman–Crippen LogP) is 4.15. The second kappa shape index (κ2) is 11.2. The molecule has 0 spiro atoms. The molecule has 0 saturated heterocycles. The molecule has 2 aromatic heterocycles. The second-order valence-corrected chi connectivity index (χ2v) is 10.2. The molecule has 10 nitrogen and oxygen atoms in total. The van der Waals surface area contributed by atoms with E-state index in [0.717, 1.165) is 48.1 Å². The Balaban J connectivity index is 1.72. The van der Waals surface area contributed by atoms with Gasteiger partial charge in [0, 0.05) is 28.7 Å². The maximum atomic E-state index is 14.4. The maximum absolute atomic E-state index is 14.4. The minimum Gasteiger partial charge on any atom is -0.492 e. The number of primary amides is 1. The van der Waals surface area contributed by atoms with Crippen LogP contribution in [0.3, 0.4) is 0 Å². The summed E-state index contributed by atoms with van der Waals surface area (Å²) in [6.45, 7) is 2.19. The quantitative estimate of drug-likeness (QED) is 0.247. The summed E-state index contributed by atoms with van der Waals surface area (Å²) in [7, 11) is 0. The lowest BCUT2D eigenvalue weighted by Crippen LogP contribution is -2.46. The normalized spacial score (nSPS) is 14.3. The number of H-pyrrole nitrogens is 1. The summed E-state index contributed by atoms with van der Waals surface area (Å²) in [5.41, 5.74) is 13.1. The van der Waals surface area contributed by atoms with E-state index in [2.05, 4.69) is 14.7 Å². The Morgan fingerprint density at radius 3 is 2.59 bits per heavy atom. The van der Waals surface area contributed by atoms with Crippen LogP contribution in [-0.4, -0.2) is 39.7 Å². The van der Waals surface area contributed by atoms with Gasteiger partial charge in [0.15, 0.2) is 5.69 Å². The van der Waals surface area contributed by atoms with Gasteiger partial charge in [0.25, 0.3) is 11.8 Å². The first-order valence-corrected chi connectivity index (χ1v) is 13.6. The van der Waals surface area contributed by atoms with Crippen molar-refractivity contribution in [2.45, 2.75) is 44.7 Å². The number of hydrogen-bond acceptors (Lipinski definition) is 7. The van der Waals surface area contributed by atoms with Crippen molar-refractivity contribution >= 4 is 51.5 Å². The van der Waals surface area contributed by atoms with Crippen LogP contribution >= 0.6 is 11.5 Å². The summed E-state index contributed by atoms with van der Waals surface area (Å²) in [6, 6.07) is 13.5. The van der Waals surface area contributed by atoms with Crippen molar-refractivity contribution in [3.05, 3.63) is 70.9 Å². The molecular formula is C28H30N6O4S. The topological polar surface area (TPSA) is 156 Å². The van der Waals surface area contributed by atoms with E-state index in [1.165, 1.54) is 4.90 Å². The van der Waals surface area contributed by atoms with Gasteiger partial charge >= 0.3 is 0 Å². The first-order valence-electron chi connectivity index (χ1n) is 12.9. The van der Waals surface area contributed by atoms with E-state index in [1.54, 1.807) is 30.5 Å². The fourth-order valence-corrected chi connectivity index (χ4v) is 5.85. The lowest BCUT2D eigenvalue weighted by molar-refractivity contribution is -0.123. The number of nitrogens with two attached hydrogens (primary N) is 2. The van der Waals surface area contributed by atoms with Crippen LogP contribution in [0.1, 0.15) is 64.4 Å². The monoisotopic (exact) mass is 546 g/mol. The molecule has 6 N–H and O–H groups in total. The molecule has 1 atom stereocenters. The fourth-order valence-electron chi connectivity index (χ4n) is 5.11. The Labute approximate surface area is 229 Å². The first kappa shape index (κ1) is 26.2. The van der Waals surface area contributed by atoms with Crippen molar-refractivity contribution < 1.29 is 19.1 Å². The second-order valence-electron chi connectivity index (χ2n) is 9.40. The Kier molecular flexibility index (Phi) is 7.51. The summed E-state index contributed by atoms with van der Waals surface area (Å²) in [5, 5.41) is 3.97. The number of ether oxygens (including phenoxy) is 1. The van der Waals surface area contributed by atoms with Gasteiger partial charge in [0.2, 0.25) is 5.91 Å². The van der Waals surface area contributed by atoms with Crippen LogP contribution in [0.2, 0.25) is 0 Å². The molecule has 3 amide bonds. The molecule has 1 aliphatic rings. The maximum Gasteiger partial charge on any atom is 0.273 e. The number of fused-ring (bicyclic) bond motifs is 1. The number of amides is 3. The van der Waals surface area contributed by atoms with E-state index in [1.807, 2.05) is 31.2 Å². The number of aromatic nitrogens is 2. The molecule has 2 aromatic carbocycles. The molecule has 1 unspecified atom stereocenters. The number of carbonyl (C=O) groups excluding carboxylic acids is 3. The van der Waals surface area contributed by atoms with Gasteiger partial charge in [-0.15, -0.1) is 0 Å². The molecule has 11 heteroatoms. The number of aromatic amines is 1. The summed E-state index contributed by atoms with van der Waals surface area (Å²) in [4.78, 5) is 45.1. The SMILES string of the molecule is CCOc1ccccc1N(C(=O)c1snc(C(N)=O)c1N)C(C(=O)NC1CCCC1)c1c[nH]c2ccccc12. The number of nitrogens with one attached hydrogen (secondary N) is 2. The molecule has 0 bridgehead atoms. The van der Waals surface area contributed by atoms with Crippen LogP contribution < -0.4 is 26.4 Å². The van der Waals surface area contributed by atoms with E-state index in [9.17, 15) is 14.4 Å². The summed E-state index contributed by atoms with van der Waals surface area (Å²) >= 11 is 0.770. The molecule has 1 saturated carbocycles. The third-order valence-corrected chi connectivity index (χ3v) is 7.77. The van der Waals surface area contributed by atoms with Crippen molar-refractivity contribution in [2.24, 2.45) is 5.73 Å². The van der Waals surface area contributed by atoms with Gasteiger partial charge in [0.05, 0.1) is 18.0 Å². The Bertz CT molecular complexity index is 1520. The molecule has 2 heterocycles. The number of carbonyl (C=O) groups is 3. The molecule has 0 aliphatic heterocycles. The molecule has 4 aromatic rings. The smallest absolute Gasteiger partial charge is 0.273 e. The highest BCUT2D eigenvalue weighted by atomic mass is 32.1. The minimum absolute atomic E-state index is 0.00797. The van der Waals surface area contributed by atoms with Gasteiger partial charge in [-0.1, -0.05) is 43.2 Å². The highest BCUT2D eigenvalue weighted by molar-refractivity contribution is 7.09. The summed E-state index contributed by atoms with van der Waals surface area (Å²) in [5.74, 6) is -1.34. The zero-order valence-electron chi connectivity index (χ0n) is 21.5. The number of hydrogen-bond donors (Lipinski definition) is 4. The van der Waals surface area contributed by atoms with Gasteiger partial charge in [0.1, 0.15) is 16.7 Å².